The van der Waals surface area contributed by atoms with Gasteiger partial charge in [-0.15, -0.1) is 0 Å². The first-order chi connectivity index (χ1) is 7.90. The number of hydrogen-bond donors (Lipinski definition) is 2. The van der Waals surface area contributed by atoms with Crippen molar-refractivity contribution in [3.05, 3.63) is 12.2 Å². The van der Waals surface area contributed by atoms with Gasteiger partial charge < -0.3 is 10.5 Å². The number of carbonyl (C=O) groups excluding carboxylic acids is 1. The van der Waals surface area contributed by atoms with Crippen LogP contribution in [0.25, 0.3) is 0 Å². The van der Waals surface area contributed by atoms with Crippen LogP contribution in [0.1, 0.15) is 26.6 Å². The molecule has 0 aliphatic rings. The monoisotopic (exact) mass is 239 g/mol. The summed E-state index contributed by atoms with van der Waals surface area (Å²) in [7, 11) is 0. The van der Waals surface area contributed by atoms with E-state index in [4.69, 9.17) is 10.5 Å². The van der Waals surface area contributed by atoms with E-state index in [1.807, 2.05) is 0 Å². The van der Waals surface area contributed by atoms with Gasteiger partial charge in [-0.3, -0.25) is 5.32 Å². The van der Waals surface area contributed by atoms with E-state index in [1.165, 1.54) is 6.33 Å². The predicted molar refractivity (Wildman–Crippen MR) is 62.4 cm³/mol. The van der Waals surface area contributed by atoms with Crippen molar-refractivity contribution in [2.24, 2.45) is 5.73 Å². The van der Waals surface area contributed by atoms with E-state index in [-0.39, 0.29) is 5.95 Å². The Morgan fingerprint density at radius 2 is 2.18 bits per heavy atom. The number of hydrogen-bond acceptors (Lipinski definition) is 6. The maximum Gasteiger partial charge on any atom is 0.414 e. The molecule has 0 unspecified atom stereocenters. The lowest BCUT2D eigenvalue weighted by atomic mass is 10.2. The zero-order valence-corrected chi connectivity index (χ0v) is 10.2. The van der Waals surface area contributed by atoms with Crippen LogP contribution in [0.15, 0.2) is 6.33 Å². The van der Waals surface area contributed by atoms with Crippen LogP contribution in [0, 0.1) is 0 Å². The molecule has 94 valence electrons. The van der Waals surface area contributed by atoms with Gasteiger partial charge in [-0.25, -0.2) is 14.8 Å². The molecule has 1 amide bonds. The lowest BCUT2D eigenvalue weighted by Crippen LogP contribution is -2.28. The first-order valence-corrected chi connectivity index (χ1v) is 5.28. The van der Waals surface area contributed by atoms with Gasteiger partial charge in [0, 0.05) is 6.42 Å². The second-order valence-electron chi connectivity index (χ2n) is 4.39. The minimum absolute atomic E-state index is 0.165. The summed E-state index contributed by atoms with van der Waals surface area (Å²) in [6.45, 7) is 5.77. The highest BCUT2D eigenvalue weighted by Gasteiger charge is 2.17. The van der Waals surface area contributed by atoms with Crippen LogP contribution in [0.5, 0.6) is 0 Å². The van der Waals surface area contributed by atoms with E-state index < -0.39 is 11.7 Å². The molecule has 0 aliphatic carbocycles. The Bertz CT molecular complexity index is 389. The van der Waals surface area contributed by atoms with Gasteiger partial charge in [0.15, 0.2) is 0 Å². The third kappa shape index (κ3) is 5.21. The van der Waals surface area contributed by atoms with E-state index in [1.54, 1.807) is 20.8 Å². The van der Waals surface area contributed by atoms with Crippen LogP contribution in [-0.2, 0) is 11.2 Å². The van der Waals surface area contributed by atoms with Crippen molar-refractivity contribution < 1.29 is 9.53 Å². The van der Waals surface area contributed by atoms with Gasteiger partial charge in [0.25, 0.3) is 0 Å². The fraction of sp³-hybridized carbons (Fsp3) is 0.600. The van der Waals surface area contributed by atoms with Gasteiger partial charge in [-0.1, -0.05) is 0 Å². The normalized spacial score (nSPS) is 11.1. The second kappa shape index (κ2) is 5.53. The Labute approximate surface area is 99.8 Å². The van der Waals surface area contributed by atoms with E-state index in [0.29, 0.717) is 18.8 Å². The molecule has 0 spiro atoms. The largest absolute Gasteiger partial charge is 0.444 e. The van der Waals surface area contributed by atoms with Crippen LogP contribution in [0.3, 0.4) is 0 Å². The number of nitrogens with one attached hydrogen (secondary N) is 1. The molecule has 0 aromatic carbocycles. The van der Waals surface area contributed by atoms with Crippen LogP contribution in [0.2, 0.25) is 0 Å². The number of amides is 1. The molecule has 0 saturated heterocycles. The summed E-state index contributed by atoms with van der Waals surface area (Å²) in [5.74, 6) is 0.700. The molecular weight excluding hydrogens is 222 g/mol. The predicted octanol–water partition coefficient (Wildman–Crippen LogP) is 0.720. The standard InChI is InChI=1S/C10H17N5O2/c1-10(2,3)17-9(16)15-8-13-6-12-7(14-8)4-5-11/h6H,4-5,11H2,1-3H3,(H,12,13,14,15,16). The van der Waals surface area contributed by atoms with Gasteiger partial charge in [-0.2, -0.15) is 4.98 Å². The molecule has 0 aliphatic heterocycles. The quantitative estimate of drug-likeness (QED) is 0.805. The highest BCUT2D eigenvalue weighted by Crippen LogP contribution is 2.08. The molecular formula is C10H17N5O2. The summed E-state index contributed by atoms with van der Waals surface area (Å²) in [6, 6.07) is 0. The van der Waals surface area contributed by atoms with E-state index >= 15 is 0 Å². The minimum atomic E-state index is -0.595. The SMILES string of the molecule is CC(C)(C)OC(=O)Nc1ncnc(CCN)n1. The van der Waals surface area contributed by atoms with E-state index in [2.05, 4.69) is 20.3 Å². The number of ether oxygens (including phenoxy) is 1. The van der Waals surface area contributed by atoms with Crippen molar-refractivity contribution in [1.82, 2.24) is 15.0 Å². The maximum atomic E-state index is 11.4. The molecule has 1 aromatic heterocycles. The van der Waals surface area contributed by atoms with Crippen LogP contribution >= 0.6 is 0 Å². The molecule has 7 heteroatoms. The molecule has 1 rings (SSSR count). The summed E-state index contributed by atoms with van der Waals surface area (Å²) in [5.41, 5.74) is 4.82. The fourth-order valence-electron chi connectivity index (χ4n) is 1.03. The topological polar surface area (TPSA) is 103 Å². The first kappa shape index (κ1) is 13.3. The third-order valence-electron chi connectivity index (χ3n) is 1.60. The van der Waals surface area contributed by atoms with Gasteiger partial charge in [-0.05, 0) is 27.3 Å². The minimum Gasteiger partial charge on any atom is -0.444 e. The lowest BCUT2D eigenvalue weighted by molar-refractivity contribution is 0.0634. The average molecular weight is 239 g/mol. The lowest BCUT2D eigenvalue weighted by Gasteiger charge is -2.19. The average Bonchev–Trinajstić information content (AvgIpc) is 2.15. The molecule has 0 radical (unpaired) electrons. The maximum absolute atomic E-state index is 11.4. The summed E-state index contributed by atoms with van der Waals surface area (Å²) in [6.07, 6.45) is 1.26. The molecule has 1 heterocycles. The molecule has 17 heavy (non-hydrogen) atoms. The van der Waals surface area contributed by atoms with Crippen molar-refractivity contribution >= 4 is 12.0 Å². The van der Waals surface area contributed by atoms with Crippen molar-refractivity contribution in [3.63, 3.8) is 0 Å². The van der Waals surface area contributed by atoms with Crippen molar-refractivity contribution in [2.75, 3.05) is 11.9 Å². The number of carbonyl (C=O) groups is 1. The Balaban J connectivity index is 2.62. The van der Waals surface area contributed by atoms with Gasteiger partial charge >= 0.3 is 6.09 Å². The van der Waals surface area contributed by atoms with Gasteiger partial charge in [0.1, 0.15) is 17.8 Å². The third-order valence-corrected chi connectivity index (χ3v) is 1.60. The summed E-state index contributed by atoms with van der Waals surface area (Å²) >= 11 is 0. The fourth-order valence-corrected chi connectivity index (χ4v) is 1.03. The van der Waals surface area contributed by atoms with Gasteiger partial charge in [0.05, 0.1) is 0 Å². The number of rotatable bonds is 3. The second-order valence-corrected chi connectivity index (χ2v) is 4.39. The van der Waals surface area contributed by atoms with Crippen LogP contribution in [-0.4, -0.2) is 33.2 Å². The van der Waals surface area contributed by atoms with Crippen LogP contribution < -0.4 is 11.1 Å². The number of nitrogens with two attached hydrogens (primary N) is 1. The van der Waals surface area contributed by atoms with Crippen molar-refractivity contribution in [3.8, 4) is 0 Å². The van der Waals surface area contributed by atoms with Crippen LogP contribution in [0.4, 0.5) is 10.7 Å². The summed E-state index contributed by atoms with van der Waals surface area (Å²) in [5, 5.41) is 2.43. The van der Waals surface area contributed by atoms with E-state index in [9.17, 15) is 4.79 Å². The zero-order chi connectivity index (χ0) is 12.9. The number of anilines is 1. The molecule has 7 nitrogen and oxygen atoms in total. The Hall–Kier alpha value is -1.76. The molecule has 3 N–H and O–H groups in total. The number of nitrogens with zero attached hydrogens (tertiary/aromatic N) is 3. The Morgan fingerprint density at radius 1 is 1.47 bits per heavy atom. The molecule has 0 atom stereocenters. The smallest absolute Gasteiger partial charge is 0.414 e. The highest BCUT2D eigenvalue weighted by atomic mass is 16.6. The molecule has 1 aromatic rings. The van der Waals surface area contributed by atoms with Gasteiger partial charge in [0.2, 0.25) is 5.95 Å². The number of aromatic nitrogens is 3. The van der Waals surface area contributed by atoms with E-state index in [0.717, 1.165) is 0 Å². The van der Waals surface area contributed by atoms with Crippen molar-refractivity contribution in [1.29, 1.82) is 0 Å². The highest BCUT2D eigenvalue weighted by molar-refractivity contribution is 5.82. The van der Waals surface area contributed by atoms with Crippen molar-refractivity contribution in [2.45, 2.75) is 32.8 Å². The Kier molecular flexibility index (Phi) is 4.33. The molecule has 0 bridgehead atoms. The zero-order valence-electron chi connectivity index (χ0n) is 10.2. The molecule has 0 saturated carbocycles. The first-order valence-electron chi connectivity index (χ1n) is 5.28. The Morgan fingerprint density at radius 3 is 2.76 bits per heavy atom. The summed E-state index contributed by atoms with van der Waals surface area (Å²) < 4.78 is 5.07. The molecule has 0 fully saturated rings. The summed E-state index contributed by atoms with van der Waals surface area (Å²) in [4.78, 5) is 23.2.